The first-order chi connectivity index (χ1) is 20.2. The number of hydrogen-bond acceptors (Lipinski definition) is 11. The van der Waals surface area contributed by atoms with Gasteiger partial charge in [0.2, 0.25) is 21.9 Å². The van der Waals surface area contributed by atoms with E-state index in [9.17, 15) is 18.9 Å². The highest BCUT2D eigenvalue weighted by atomic mass is 32.2. The van der Waals surface area contributed by atoms with Crippen molar-refractivity contribution in [1.82, 2.24) is 19.7 Å². The van der Waals surface area contributed by atoms with Gasteiger partial charge >= 0.3 is 0 Å². The van der Waals surface area contributed by atoms with Crippen LogP contribution in [0.25, 0.3) is 17.2 Å². The van der Waals surface area contributed by atoms with E-state index in [2.05, 4.69) is 19.9 Å². The van der Waals surface area contributed by atoms with Gasteiger partial charge < -0.3 is 18.9 Å². The summed E-state index contributed by atoms with van der Waals surface area (Å²) >= 11 is 0. The van der Waals surface area contributed by atoms with E-state index in [0.29, 0.717) is 34.3 Å². The van der Waals surface area contributed by atoms with Gasteiger partial charge in [-0.1, -0.05) is 18.2 Å². The second kappa shape index (κ2) is 12.6. The van der Waals surface area contributed by atoms with Crippen molar-refractivity contribution < 1.29 is 27.4 Å². The Hall–Kier alpha value is -5.18. The molecule has 0 bridgehead atoms. The highest BCUT2D eigenvalue weighted by Gasteiger charge is 2.35. The molecule has 0 spiro atoms. The molecule has 2 heterocycles. The van der Waals surface area contributed by atoms with E-state index in [4.69, 9.17) is 18.9 Å². The minimum absolute atomic E-state index is 0.122. The van der Waals surface area contributed by atoms with Gasteiger partial charge in [-0.05, 0) is 42.8 Å². The van der Waals surface area contributed by atoms with Crippen LogP contribution < -0.4 is 18.9 Å². The fraction of sp³-hybridized carbons (Fsp3) is 0.250. The van der Waals surface area contributed by atoms with Gasteiger partial charge in [-0.15, -0.1) is 10.2 Å². The van der Waals surface area contributed by atoms with Crippen molar-refractivity contribution in [3.8, 4) is 46.7 Å². The first kappa shape index (κ1) is 29.8. The van der Waals surface area contributed by atoms with Crippen LogP contribution in [0.2, 0.25) is 0 Å². The molecular formula is C28H27N7O6S. The number of nitrogens with one attached hydrogen (secondary N) is 1. The van der Waals surface area contributed by atoms with E-state index < -0.39 is 21.4 Å². The summed E-state index contributed by atoms with van der Waals surface area (Å²) in [4.78, 5) is 4.44. The Balaban J connectivity index is 1.86. The van der Waals surface area contributed by atoms with E-state index in [1.807, 2.05) is 12.1 Å². The van der Waals surface area contributed by atoms with Gasteiger partial charge in [0.1, 0.15) is 34.2 Å². The van der Waals surface area contributed by atoms with Gasteiger partial charge in [-0.3, -0.25) is 9.29 Å². The summed E-state index contributed by atoms with van der Waals surface area (Å²) < 4.78 is 53.6. The van der Waals surface area contributed by atoms with Gasteiger partial charge in [0.15, 0.2) is 5.82 Å². The fourth-order valence-corrected chi connectivity index (χ4v) is 5.51. The van der Waals surface area contributed by atoms with Crippen LogP contribution in [0.1, 0.15) is 29.7 Å². The smallest absolute Gasteiger partial charge is 0.243 e. The SMILES string of the molecule is COc1cccc(-c2nnc(NS(=O)(=O)[C@@H](C)[C@@H](OC)c3ccc(C#N)cc3C#N)n2-c2c(OC)cccc2OC)n1. The van der Waals surface area contributed by atoms with Crippen LogP contribution in [0.4, 0.5) is 5.95 Å². The van der Waals surface area contributed by atoms with Gasteiger partial charge in [0.05, 0.1) is 44.6 Å². The van der Waals surface area contributed by atoms with Crippen LogP contribution in [-0.2, 0) is 14.8 Å². The summed E-state index contributed by atoms with van der Waals surface area (Å²) in [6.45, 7) is 1.44. The molecule has 0 aliphatic heterocycles. The number of benzene rings is 2. The molecule has 0 unspecified atom stereocenters. The Morgan fingerprint density at radius 3 is 2.19 bits per heavy atom. The minimum atomic E-state index is -4.26. The van der Waals surface area contributed by atoms with Crippen molar-refractivity contribution in [3.05, 3.63) is 71.3 Å². The van der Waals surface area contributed by atoms with Crippen molar-refractivity contribution in [2.75, 3.05) is 33.2 Å². The Bertz CT molecular complexity index is 1770. The number of nitriles is 2. The average Bonchev–Trinajstić information content (AvgIpc) is 3.42. The summed E-state index contributed by atoms with van der Waals surface area (Å²) in [6, 6.07) is 18.5. The summed E-state index contributed by atoms with van der Waals surface area (Å²) in [5.41, 5.74) is 1.34. The number of nitrogens with zero attached hydrogens (tertiary/aromatic N) is 6. The molecule has 0 radical (unpaired) electrons. The monoisotopic (exact) mass is 589 g/mol. The van der Waals surface area contributed by atoms with Crippen LogP contribution in [0.15, 0.2) is 54.6 Å². The van der Waals surface area contributed by atoms with Crippen LogP contribution in [0, 0.1) is 22.7 Å². The Labute approximate surface area is 242 Å². The number of rotatable bonds is 11. The van der Waals surface area contributed by atoms with Gasteiger partial charge in [-0.25, -0.2) is 13.4 Å². The number of para-hydroxylation sites is 1. The van der Waals surface area contributed by atoms with Crippen molar-refractivity contribution in [1.29, 1.82) is 10.5 Å². The zero-order chi connectivity index (χ0) is 30.4. The molecule has 216 valence electrons. The molecule has 2 atom stereocenters. The molecule has 0 fully saturated rings. The van der Waals surface area contributed by atoms with Crippen LogP contribution in [-0.4, -0.2) is 61.9 Å². The molecule has 0 saturated carbocycles. The molecular weight excluding hydrogens is 562 g/mol. The molecule has 2 aromatic carbocycles. The molecule has 1 N–H and O–H groups in total. The molecule has 0 aliphatic carbocycles. The number of aromatic nitrogens is 4. The first-order valence-electron chi connectivity index (χ1n) is 12.4. The van der Waals surface area contributed by atoms with Crippen LogP contribution in [0.5, 0.6) is 17.4 Å². The summed E-state index contributed by atoms with van der Waals surface area (Å²) in [5, 5.41) is 26.1. The Morgan fingerprint density at radius 2 is 1.60 bits per heavy atom. The highest BCUT2D eigenvalue weighted by Crippen LogP contribution is 2.38. The van der Waals surface area contributed by atoms with E-state index in [1.54, 1.807) is 36.4 Å². The maximum absolute atomic E-state index is 13.8. The number of hydrogen-bond donors (Lipinski definition) is 1. The molecule has 14 heteroatoms. The molecule has 2 aromatic heterocycles. The normalized spacial score (nSPS) is 12.5. The zero-order valence-electron chi connectivity index (χ0n) is 23.4. The van der Waals surface area contributed by atoms with E-state index in [0.717, 1.165) is 0 Å². The standard InChI is InChI=1S/C28H27N7O6S/c1-17(26(41-5)20-13-12-18(15-29)14-19(20)16-30)42(36,37)34-28-33-32-27(21-8-6-11-24(31-21)40-4)35(28)25-22(38-2)9-7-10-23(25)39-3/h6-14,17,26H,1-5H3,(H,33,34)/t17-,26+/m0/s1. The second-order valence-corrected chi connectivity index (χ2v) is 10.8. The Kier molecular flexibility index (Phi) is 8.90. The van der Waals surface area contributed by atoms with E-state index in [1.165, 1.54) is 58.1 Å². The van der Waals surface area contributed by atoms with Crippen molar-refractivity contribution >= 4 is 16.0 Å². The number of ether oxygens (including phenoxy) is 4. The summed E-state index contributed by atoms with van der Waals surface area (Å²) in [7, 11) is 1.47. The lowest BCUT2D eigenvalue weighted by molar-refractivity contribution is 0.102. The third-order valence-electron chi connectivity index (χ3n) is 6.46. The Morgan fingerprint density at radius 1 is 0.905 bits per heavy atom. The van der Waals surface area contributed by atoms with Crippen molar-refractivity contribution in [3.63, 3.8) is 0 Å². The summed E-state index contributed by atoms with van der Waals surface area (Å²) in [5.74, 6) is 0.989. The van der Waals surface area contributed by atoms with Gasteiger partial charge in [0.25, 0.3) is 0 Å². The maximum atomic E-state index is 13.8. The highest BCUT2D eigenvalue weighted by molar-refractivity contribution is 7.93. The lowest BCUT2D eigenvalue weighted by Gasteiger charge is -2.24. The lowest BCUT2D eigenvalue weighted by atomic mass is 9.99. The molecule has 4 rings (SSSR count). The van der Waals surface area contributed by atoms with Crippen LogP contribution >= 0.6 is 0 Å². The molecule has 0 amide bonds. The molecule has 4 aromatic rings. The topological polar surface area (TPSA) is 174 Å². The number of pyridine rings is 1. The van der Waals surface area contributed by atoms with Gasteiger partial charge in [-0.2, -0.15) is 10.5 Å². The quantitative estimate of drug-likeness (QED) is 0.270. The molecule has 13 nitrogen and oxygen atoms in total. The third kappa shape index (κ3) is 5.67. The number of methoxy groups -OCH3 is 4. The van der Waals surface area contributed by atoms with E-state index in [-0.39, 0.29) is 22.9 Å². The minimum Gasteiger partial charge on any atom is -0.494 e. The second-order valence-electron chi connectivity index (χ2n) is 8.79. The largest absolute Gasteiger partial charge is 0.494 e. The van der Waals surface area contributed by atoms with E-state index >= 15 is 0 Å². The predicted molar refractivity (Wildman–Crippen MR) is 152 cm³/mol. The number of sulfonamides is 1. The van der Waals surface area contributed by atoms with Crippen molar-refractivity contribution in [2.24, 2.45) is 0 Å². The average molecular weight is 590 g/mol. The zero-order valence-corrected chi connectivity index (χ0v) is 24.2. The first-order valence-corrected chi connectivity index (χ1v) is 13.9. The van der Waals surface area contributed by atoms with Crippen molar-refractivity contribution in [2.45, 2.75) is 18.3 Å². The van der Waals surface area contributed by atoms with Crippen LogP contribution in [0.3, 0.4) is 0 Å². The molecule has 0 aliphatic rings. The fourth-order valence-electron chi connectivity index (χ4n) is 4.36. The predicted octanol–water partition coefficient (Wildman–Crippen LogP) is 3.62. The third-order valence-corrected chi connectivity index (χ3v) is 8.16. The summed E-state index contributed by atoms with van der Waals surface area (Å²) in [6.07, 6.45) is -1.07. The molecule has 42 heavy (non-hydrogen) atoms. The van der Waals surface area contributed by atoms with Gasteiger partial charge in [0, 0.05) is 13.2 Å². The maximum Gasteiger partial charge on any atom is 0.243 e. The number of anilines is 1. The molecule has 0 saturated heterocycles. The lowest BCUT2D eigenvalue weighted by Crippen LogP contribution is -2.33.